The van der Waals surface area contributed by atoms with Crippen molar-refractivity contribution in [3.05, 3.63) is 93.1 Å². The molecular weight excluding hydrogens is 646 g/mol. The Hall–Kier alpha value is -4.30. The van der Waals surface area contributed by atoms with Crippen LogP contribution in [0, 0.1) is 10.1 Å². The van der Waals surface area contributed by atoms with E-state index in [-0.39, 0.29) is 33.5 Å². The molecule has 1 atom stereocenters. The number of nitrogens with zero attached hydrogens (tertiary/aromatic N) is 3. The summed E-state index contributed by atoms with van der Waals surface area (Å²) in [5.41, 5.74) is 0.753. The zero-order valence-electron chi connectivity index (χ0n) is 23.7. The van der Waals surface area contributed by atoms with Gasteiger partial charge in [0.05, 0.1) is 51.1 Å². The van der Waals surface area contributed by atoms with Crippen molar-refractivity contribution in [2.45, 2.75) is 33.7 Å². The zero-order valence-corrected chi connectivity index (χ0v) is 26.2. The number of halogens is 1. The summed E-state index contributed by atoms with van der Waals surface area (Å²) in [5.74, 6) is -0.774. The van der Waals surface area contributed by atoms with E-state index in [4.69, 9.17) is 18.9 Å². The maximum Gasteiger partial charge on any atom is 0.344 e. The lowest BCUT2D eigenvalue weighted by Gasteiger charge is -2.24. The van der Waals surface area contributed by atoms with Crippen molar-refractivity contribution >= 4 is 51.0 Å². The van der Waals surface area contributed by atoms with Crippen LogP contribution >= 0.6 is 27.3 Å². The maximum absolute atomic E-state index is 13.9. The largest absolute Gasteiger partial charge is 0.494 e. The van der Waals surface area contributed by atoms with Crippen LogP contribution in [-0.2, 0) is 19.1 Å². The number of hydrogen-bond acceptors (Lipinski definition) is 11. The van der Waals surface area contributed by atoms with E-state index in [9.17, 15) is 24.5 Å². The molecule has 0 aliphatic carbocycles. The second-order valence-corrected chi connectivity index (χ2v) is 10.9. The van der Waals surface area contributed by atoms with Crippen LogP contribution < -0.4 is 24.4 Å². The number of allylic oxidation sites excluding steroid dienone is 1. The first-order valence-electron chi connectivity index (χ1n) is 13.3. The summed E-state index contributed by atoms with van der Waals surface area (Å²) in [4.78, 5) is 54.8. The fourth-order valence-corrected chi connectivity index (χ4v) is 6.09. The Kier molecular flexibility index (Phi) is 10.1. The van der Waals surface area contributed by atoms with Crippen LogP contribution in [-0.4, -0.2) is 47.9 Å². The molecule has 2 heterocycles. The van der Waals surface area contributed by atoms with Gasteiger partial charge in [-0.3, -0.25) is 19.5 Å². The number of nitro benzene ring substituents is 1. The summed E-state index contributed by atoms with van der Waals surface area (Å²) < 4.78 is 22.9. The molecule has 0 spiro atoms. The molecule has 3 aromatic rings. The first-order valence-corrected chi connectivity index (χ1v) is 14.9. The van der Waals surface area contributed by atoms with Crippen LogP contribution in [0.3, 0.4) is 0 Å². The highest BCUT2D eigenvalue weighted by molar-refractivity contribution is 9.10. The van der Waals surface area contributed by atoms with Crippen LogP contribution in [0.15, 0.2) is 61.9 Å². The predicted molar refractivity (Wildman–Crippen MR) is 161 cm³/mol. The molecule has 0 bridgehead atoms. The smallest absolute Gasteiger partial charge is 0.344 e. The molecule has 226 valence electrons. The Morgan fingerprint density at radius 1 is 1.09 bits per heavy atom. The topological polar surface area (TPSA) is 149 Å². The number of aromatic nitrogens is 1. The lowest BCUT2D eigenvalue weighted by molar-refractivity contribution is -0.385. The van der Waals surface area contributed by atoms with E-state index in [0.29, 0.717) is 34.0 Å². The summed E-state index contributed by atoms with van der Waals surface area (Å²) in [6.07, 6.45) is 1.50. The Bertz CT molecular complexity index is 1780. The molecule has 0 amide bonds. The van der Waals surface area contributed by atoms with Gasteiger partial charge in [-0.15, -0.1) is 0 Å². The van der Waals surface area contributed by atoms with Crippen molar-refractivity contribution in [2.75, 3.05) is 26.4 Å². The summed E-state index contributed by atoms with van der Waals surface area (Å²) in [7, 11) is 0. The Labute approximate surface area is 258 Å². The molecule has 2 aromatic carbocycles. The van der Waals surface area contributed by atoms with Gasteiger partial charge in [0.25, 0.3) is 5.56 Å². The fourth-order valence-electron chi connectivity index (χ4n) is 4.47. The van der Waals surface area contributed by atoms with E-state index < -0.39 is 40.8 Å². The lowest BCUT2D eigenvalue weighted by Crippen LogP contribution is -2.39. The third-order valence-corrected chi connectivity index (χ3v) is 7.78. The average Bonchev–Trinajstić information content (AvgIpc) is 3.26. The number of esters is 2. The van der Waals surface area contributed by atoms with E-state index in [0.717, 1.165) is 11.3 Å². The first kappa shape index (κ1) is 31.6. The second kappa shape index (κ2) is 13.8. The SMILES string of the molecule is CCOC(=O)COc1c(Br)cc(/C=c2\sc3n(c2=O)[C@H](c2ccc(OCC)cc2)C(C(=O)OCC)=C(C)N=3)cc1[N+](=O)[O-]. The van der Waals surface area contributed by atoms with Gasteiger partial charge in [-0.25, -0.2) is 14.6 Å². The normalized spacial score (nSPS) is 14.5. The number of rotatable bonds is 11. The average molecular weight is 675 g/mol. The molecule has 0 unspecified atom stereocenters. The minimum absolute atomic E-state index is 0.141. The van der Waals surface area contributed by atoms with Crippen molar-refractivity contribution < 1.29 is 33.5 Å². The minimum Gasteiger partial charge on any atom is -0.494 e. The number of carbonyl (C=O) groups excluding carboxylic acids is 2. The van der Waals surface area contributed by atoms with Crippen molar-refractivity contribution in [3.8, 4) is 11.5 Å². The molecule has 43 heavy (non-hydrogen) atoms. The number of ether oxygens (including phenoxy) is 4. The van der Waals surface area contributed by atoms with Gasteiger partial charge in [0, 0.05) is 6.07 Å². The number of fused-ring (bicyclic) bond motifs is 1. The molecule has 0 radical (unpaired) electrons. The highest BCUT2D eigenvalue weighted by atomic mass is 79.9. The molecule has 1 aromatic heterocycles. The maximum atomic E-state index is 13.9. The van der Waals surface area contributed by atoms with Gasteiger partial charge in [-0.2, -0.15) is 0 Å². The highest BCUT2D eigenvalue weighted by Gasteiger charge is 2.33. The number of benzene rings is 2. The Morgan fingerprint density at radius 3 is 2.42 bits per heavy atom. The number of thiazole rings is 1. The second-order valence-electron chi connectivity index (χ2n) is 9.01. The number of hydrogen-bond donors (Lipinski definition) is 0. The van der Waals surface area contributed by atoms with E-state index in [1.54, 1.807) is 45.0 Å². The molecule has 1 aliphatic heterocycles. The van der Waals surface area contributed by atoms with Crippen molar-refractivity contribution in [1.82, 2.24) is 4.57 Å². The Morgan fingerprint density at radius 2 is 1.79 bits per heavy atom. The van der Waals surface area contributed by atoms with Crippen LogP contribution in [0.25, 0.3) is 6.08 Å². The molecule has 12 nitrogen and oxygen atoms in total. The lowest BCUT2D eigenvalue weighted by atomic mass is 9.96. The molecule has 1 aliphatic rings. The monoisotopic (exact) mass is 673 g/mol. The standard InChI is InChI=1S/C29H28BrN3O9S/c1-5-39-19-10-8-18(9-11-19)25-24(28(36)41-7-3)16(4)31-29-32(25)27(35)22(43-29)14-17-12-20(30)26(21(13-17)33(37)38)42-15-23(34)40-6-2/h8-14,25H,5-7,15H2,1-4H3/b22-14-/t25-/m1/s1. The molecule has 0 saturated heterocycles. The summed E-state index contributed by atoms with van der Waals surface area (Å²) in [5, 5.41) is 11.9. The van der Waals surface area contributed by atoms with Gasteiger partial charge >= 0.3 is 17.6 Å². The summed E-state index contributed by atoms with van der Waals surface area (Å²) in [6, 6.07) is 9.02. The molecular formula is C29H28BrN3O9S. The van der Waals surface area contributed by atoms with E-state index in [2.05, 4.69) is 20.9 Å². The first-order chi connectivity index (χ1) is 20.6. The quantitative estimate of drug-likeness (QED) is 0.168. The van der Waals surface area contributed by atoms with Crippen LogP contribution in [0.4, 0.5) is 5.69 Å². The van der Waals surface area contributed by atoms with Gasteiger partial charge in [0.15, 0.2) is 11.4 Å². The van der Waals surface area contributed by atoms with Crippen molar-refractivity contribution in [2.24, 2.45) is 4.99 Å². The summed E-state index contributed by atoms with van der Waals surface area (Å²) >= 11 is 4.36. The van der Waals surface area contributed by atoms with Gasteiger partial charge in [-0.1, -0.05) is 23.5 Å². The van der Waals surface area contributed by atoms with Crippen LogP contribution in [0.2, 0.25) is 0 Å². The Balaban J connectivity index is 1.84. The van der Waals surface area contributed by atoms with Gasteiger partial charge in [-0.05, 0) is 79.0 Å². The zero-order chi connectivity index (χ0) is 31.3. The van der Waals surface area contributed by atoms with Gasteiger partial charge in [0.1, 0.15) is 5.75 Å². The molecule has 0 N–H and O–H groups in total. The molecule has 4 rings (SSSR count). The predicted octanol–water partition coefficient (Wildman–Crippen LogP) is 3.81. The molecule has 0 fully saturated rings. The van der Waals surface area contributed by atoms with Crippen molar-refractivity contribution in [1.29, 1.82) is 0 Å². The highest BCUT2D eigenvalue weighted by Crippen LogP contribution is 2.37. The van der Waals surface area contributed by atoms with Crippen LogP contribution in [0.1, 0.15) is 44.9 Å². The van der Waals surface area contributed by atoms with Gasteiger partial charge < -0.3 is 18.9 Å². The third-order valence-electron chi connectivity index (χ3n) is 6.20. The van der Waals surface area contributed by atoms with E-state index in [1.165, 1.54) is 22.8 Å². The molecule has 0 saturated carbocycles. The fraction of sp³-hybridized carbons (Fsp3) is 0.310. The summed E-state index contributed by atoms with van der Waals surface area (Å²) in [6.45, 7) is 7.13. The minimum atomic E-state index is -0.826. The van der Waals surface area contributed by atoms with Gasteiger partial charge in [0.2, 0.25) is 5.75 Å². The third kappa shape index (κ3) is 6.86. The number of nitro groups is 1. The van der Waals surface area contributed by atoms with Crippen molar-refractivity contribution in [3.63, 3.8) is 0 Å². The number of carbonyl (C=O) groups is 2. The van der Waals surface area contributed by atoms with E-state index >= 15 is 0 Å². The van der Waals surface area contributed by atoms with Crippen LogP contribution in [0.5, 0.6) is 11.5 Å². The molecule has 14 heteroatoms. The van der Waals surface area contributed by atoms with E-state index in [1.807, 2.05) is 6.92 Å².